The van der Waals surface area contributed by atoms with Gasteiger partial charge in [0.25, 0.3) is 0 Å². The molecular weight excluding hydrogens is 455 g/mol. The summed E-state index contributed by atoms with van der Waals surface area (Å²) in [4.78, 5) is 29.3. The van der Waals surface area contributed by atoms with Crippen LogP contribution in [-0.4, -0.2) is 57.4 Å². The van der Waals surface area contributed by atoms with Gasteiger partial charge in [-0.05, 0) is 64.3 Å². The lowest BCUT2D eigenvalue weighted by Gasteiger charge is -2.27. The van der Waals surface area contributed by atoms with Gasteiger partial charge >= 0.3 is 0 Å². The molecule has 0 saturated carbocycles. The third-order valence-electron chi connectivity index (χ3n) is 5.84. The molecule has 0 bridgehead atoms. The molecule has 2 atom stereocenters. The number of hydrogen-bond acceptors (Lipinski definition) is 6. The number of para-hydroxylation sites is 2. The lowest BCUT2D eigenvalue weighted by Crippen LogP contribution is -2.40. The Hall–Kier alpha value is -3.24. The average molecular weight is 483 g/mol. The van der Waals surface area contributed by atoms with Crippen molar-refractivity contribution in [2.75, 3.05) is 30.1 Å². The Morgan fingerprint density at radius 1 is 1.21 bits per heavy atom. The number of hydrogen-bond donors (Lipinski definition) is 1. The Morgan fingerprint density at radius 2 is 1.91 bits per heavy atom. The van der Waals surface area contributed by atoms with E-state index in [0.29, 0.717) is 28.0 Å². The molecule has 178 valence electrons. The molecule has 2 heterocycles. The quantitative estimate of drug-likeness (QED) is 0.537. The fourth-order valence-electron chi connectivity index (χ4n) is 3.87. The average Bonchev–Trinajstić information content (AvgIpc) is 3.16. The van der Waals surface area contributed by atoms with E-state index in [1.165, 1.54) is 23.9 Å². The van der Waals surface area contributed by atoms with Gasteiger partial charge in [0.1, 0.15) is 5.82 Å². The molecule has 0 saturated heterocycles. The maximum Gasteiger partial charge on any atom is 0.237 e. The summed E-state index contributed by atoms with van der Waals surface area (Å²) in [6.07, 6.45) is 0.210. The fraction of sp³-hybridized carbons (Fsp3) is 0.333. The summed E-state index contributed by atoms with van der Waals surface area (Å²) in [7, 11) is 3.89. The van der Waals surface area contributed by atoms with Crippen LogP contribution in [0.2, 0.25) is 0 Å². The molecule has 0 unspecified atom stereocenters. The molecule has 0 aliphatic carbocycles. The Balaban J connectivity index is 1.63. The van der Waals surface area contributed by atoms with Gasteiger partial charge in [-0.15, -0.1) is 10.2 Å². The second-order valence-electron chi connectivity index (χ2n) is 8.46. The van der Waals surface area contributed by atoms with Crippen LogP contribution >= 0.6 is 11.8 Å². The Kier molecular flexibility index (Phi) is 6.99. The van der Waals surface area contributed by atoms with Crippen molar-refractivity contribution in [3.8, 4) is 5.69 Å². The van der Waals surface area contributed by atoms with Crippen molar-refractivity contribution < 1.29 is 14.0 Å². The molecule has 0 fully saturated rings. The summed E-state index contributed by atoms with van der Waals surface area (Å²) in [5, 5.41) is 12.1. The number of rotatable bonds is 6. The van der Waals surface area contributed by atoms with E-state index in [1.54, 1.807) is 23.1 Å². The zero-order valence-corrected chi connectivity index (χ0v) is 20.3. The van der Waals surface area contributed by atoms with Gasteiger partial charge in [-0.1, -0.05) is 23.9 Å². The van der Waals surface area contributed by atoms with Crippen LogP contribution in [0.1, 0.15) is 32.1 Å². The third-order valence-corrected chi connectivity index (χ3v) is 6.76. The highest BCUT2D eigenvalue weighted by molar-refractivity contribution is 7.99. The second kappa shape index (κ2) is 9.94. The highest BCUT2D eigenvalue weighted by atomic mass is 32.2. The molecule has 3 aromatic rings. The fourth-order valence-corrected chi connectivity index (χ4v) is 4.69. The summed E-state index contributed by atoms with van der Waals surface area (Å²) in [6, 6.07) is 13.0. The van der Waals surface area contributed by atoms with Crippen LogP contribution in [0.25, 0.3) is 5.69 Å². The van der Waals surface area contributed by atoms with Gasteiger partial charge in [0, 0.05) is 18.2 Å². The van der Waals surface area contributed by atoms with E-state index in [0.717, 1.165) is 0 Å². The molecule has 0 radical (unpaired) electrons. The summed E-state index contributed by atoms with van der Waals surface area (Å²) < 4.78 is 15.4. The smallest absolute Gasteiger partial charge is 0.237 e. The van der Waals surface area contributed by atoms with E-state index in [2.05, 4.69) is 15.5 Å². The Morgan fingerprint density at radius 3 is 2.62 bits per heavy atom. The first kappa shape index (κ1) is 23.9. The number of halogens is 1. The van der Waals surface area contributed by atoms with Gasteiger partial charge in [-0.2, -0.15) is 0 Å². The van der Waals surface area contributed by atoms with E-state index in [-0.39, 0.29) is 41.9 Å². The van der Waals surface area contributed by atoms with Crippen LogP contribution in [0, 0.1) is 5.82 Å². The van der Waals surface area contributed by atoms with Crippen LogP contribution in [0.5, 0.6) is 0 Å². The topological polar surface area (TPSA) is 83.4 Å². The van der Waals surface area contributed by atoms with E-state index in [9.17, 15) is 14.0 Å². The van der Waals surface area contributed by atoms with Gasteiger partial charge in [0.15, 0.2) is 11.0 Å². The standard InChI is InChI=1S/C24H27FN6O2S/c1-15-13-21(32)26-19-7-5-6-8-20(19)30(15)22(33)14-34-24-28-27-23(16(2)29(3)4)31(24)18-11-9-17(25)10-12-18/h5-12,15-16H,13-14H2,1-4H3,(H,26,32)/t15-,16+/m0/s1. The third kappa shape index (κ3) is 4.83. The number of nitrogens with one attached hydrogen (secondary N) is 1. The first-order valence-corrected chi connectivity index (χ1v) is 12.0. The zero-order chi connectivity index (χ0) is 24.4. The molecule has 34 heavy (non-hydrogen) atoms. The van der Waals surface area contributed by atoms with Crippen LogP contribution < -0.4 is 10.2 Å². The first-order valence-electron chi connectivity index (χ1n) is 11.0. The molecule has 0 spiro atoms. The number of carbonyl (C=O) groups excluding carboxylic acids is 2. The van der Waals surface area contributed by atoms with Gasteiger partial charge in [-0.25, -0.2) is 4.39 Å². The molecule has 1 aliphatic rings. The van der Waals surface area contributed by atoms with E-state index in [4.69, 9.17) is 0 Å². The van der Waals surface area contributed by atoms with Crippen LogP contribution in [0.3, 0.4) is 0 Å². The molecular formula is C24H27FN6O2S. The minimum Gasteiger partial charge on any atom is -0.324 e. The maximum atomic E-state index is 13.6. The zero-order valence-electron chi connectivity index (χ0n) is 19.5. The molecule has 1 N–H and O–H groups in total. The number of benzene rings is 2. The van der Waals surface area contributed by atoms with Crippen LogP contribution in [0.4, 0.5) is 15.8 Å². The summed E-state index contributed by atoms with van der Waals surface area (Å²) >= 11 is 1.26. The highest BCUT2D eigenvalue weighted by Crippen LogP contribution is 2.33. The van der Waals surface area contributed by atoms with Gasteiger partial charge in [0.2, 0.25) is 11.8 Å². The minimum absolute atomic E-state index is 0.0582. The molecule has 4 rings (SSSR count). The Labute approximate surface area is 202 Å². The minimum atomic E-state index is -0.333. The van der Waals surface area contributed by atoms with E-state index >= 15 is 0 Å². The summed E-state index contributed by atoms with van der Waals surface area (Å²) in [5.41, 5.74) is 2.01. The summed E-state index contributed by atoms with van der Waals surface area (Å²) in [5.74, 6) is 0.191. The number of aromatic nitrogens is 3. The van der Waals surface area contributed by atoms with E-state index < -0.39 is 0 Å². The largest absolute Gasteiger partial charge is 0.324 e. The Bertz CT molecular complexity index is 1200. The lowest BCUT2D eigenvalue weighted by molar-refractivity contribution is -0.117. The monoisotopic (exact) mass is 482 g/mol. The molecule has 8 nitrogen and oxygen atoms in total. The molecule has 1 aromatic heterocycles. The van der Waals surface area contributed by atoms with Crippen molar-refractivity contribution >= 4 is 35.0 Å². The van der Waals surface area contributed by atoms with Crippen LogP contribution in [-0.2, 0) is 9.59 Å². The van der Waals surface area contributed by atoms with Crippen molar-refractivity contribution in [1.29, 1.82) is 0 Å². The highest BCUT2D eigenvalue weighted by Gasteiger charge is 2.30. The van der Waals surface area contributed by atoms with Crippen molar-refractivity contribution in [2.24, 2.45) is 0 Å². The number of anilines is 2. The predicted octanol–water partition coefficient (Wildman–Crippen LogP) is 3.89. The van der Waals surface area contributed by atoms with Crippen molar-refractivity contribution in [3.05, 3.63) is 60.2 Å². The van der Waals surface area contributed by atoms with Crippen molar-refractivity contribution in [2.45, 2.75) is 37.5 Å². The number of amides is 2. The van der Waals surface area contributed by atoms with Crippen molar-refractivity contribution in [1.82, 2.24) is 19.7 Å². The second-order valence-corrected chi connectivity index (χ2v) is 9.41. The van der Waals surface area contributed by atoms with Gasteiger partial charge in [0.05, 0.1) is 23.2 Å². The lowest BCUT2D eigenvalue weighted by atomic mass is 10.2. The van der Waals surface area contributed by atoms with Gasteiger partial charge < -0.3 is 10.2 Å². The normalized spacial score (nSPS) is 16.7. The predicted molar refractivity (Wildman–Crippen MR) is 131 cm³/mol. The maximum absolute atomic E-state index is 13.6. The molecule has 2 aromatic carbocycles. The summed E-state index contributed by atoms with van der Waals surface area (Å²) in [6.45, 7) is 3.87. The molecule has 2 amide bonds. The van der Waals surface area contributed by atoms with Crippen molar-refractivity contribution in [3.63, 3.8) is 0 Å². The molecule has 1 aliphatic heterocycles. The number of fused-ring (bicyclic) bond motifs is 1. The number of thioether (sulfide) groups is 1. The van der Waals surface area contributed by atoms with E-state index in [1.807, 2.05) is 55.6 Å². The first-order chi connectivity index (χ1) is 16.3. The number of nitrogens with zero attached hydrogens (tertiary/aromatic N) is 5. The SMILES string of the molecule is C[C@H](c1nnc(SCC(=O)N2c3ccccc3NC(=O)C[C@@H]2C)n1-c1ccc(F)cc1)N(C)C. The van der Waals surface area contributed by atoms with Crippen LogP contribution in [0.15, 0.2) is 53.7 Å². The number of carbonyl (C=O) groups is 2. The van der Waals surface area contributed by atoms with Gasteiger partial charge in [-0.3, -0.25) is 19.1 Å². The molecule has 10 heteroatoms.